The van der Waals surface area contributed by atoms with Crippen molar-refractivity contribution < 1.29 is 17.0 Å². The minimum absolute atomic E-state index is 0.0258. The molecular weight excluding hydrogens is 218 g/mol. The first-order chi connectivity index (χ1) is 6.96. The highest BCUT2D eigenvalue weighted by molar-refractivity contribution is 7.85. The van der Waals surface area contributed by atoms with Gasteiger partial charge in [-0.2, -0.15) is 8.42 Å². The average Bonchev–Trinajstić information content (AvgIpc) is 2.86. The first kappa shape index (κ1) is 10.6. The van der Waals surface area contributed by atoms with Crippen molar-refractivity contribution in [1.82, 2.24) is 4.98 Å². The van der Waals surface area contributed by atoms with Crippen LogP contribution in [0.1, 0.15) is 36.1 Å². The number of nitrogens with zero attached hydrogens (tertiary/aromatic N) is 1. The van der Waals surface area contributed by atoms with E-state index in [0.29, 0.717) is 17.5 Å². The Balaban J connectivity index is 2.13. The maximum Gasteiger partial charge on any atom is 0.264 e. The molecule has 0 N–H and O–H groups in total. The standard InChI is InChI=1S/C9H13NO4S/c1-6-10-8(5-13-15(2,11)12)9(14-6)7-3-4-7/h7H,3-5H2,1-2H3. The van der Waals surface area contributed by atoms with Gasteiger partial charge in [0.15, 0.2) is 5.89 Å². The third kappa shape index (κ3) is 2.79. The van der Waals surface area contributed by atoms with Crippen molar-refractivity contribution in [2.45, 2.75) is 32.3 Å². The monoisotopic (exact) mass is 231 g/mol. The van der Waals surface area contributed by atoms with E-state index < -0.39 is 10.1 Å². The van der Waals surface area contributed by atoms with Crippen LogP contribution in [0.2, 0.25) is 0 Å². The molecule has 15 heavy (non-hydrogen) atoms. The van der Waals surface area contributed by atoms with Gasteiger partial charge >= 0.3 is 0 Å². The summed E-state index contributed by atoms with van der Waals surface area (Å²) in [5.74, 6) is 1.75. The Hall–Kier alpha value is -0.880. The summed E-state index contributed by atoms with van der Waals surface area (Å²) in [6, 6.07) is 0. The van der Waals surface area contributed by atoms with Crippen LogP contribution in [-0.2, 0) is 20.9 Å². The molecule has 1 saturated carbocycles. The second kappa shape index (κ2) is 3.61. The van der Waals surface area contributed by atoms with Gasteiger partial charge in [-0.1, -0.05) is 0 Å². The van der Waals surface area contributed by atoms with Crippen LogP contribution >= 0.6 is 0 Å². The van der Waals surface area contributed by atoms with Crippen molar-refractivity contribution in [3.05, 3.63) is 17.3 Å². The molecule has 0 bridgehead atoms. The van der Waals surface area contributed by atoms with E-state index in [0.717, 1.165) is 24.9 Å². The number of hydrogen-bond acceptors (Lipinski definition) is 5. The largest absolute Gasteiger partial charge is 0.445 e. The molecule has 0 amide bonds. The molecule has 1 heterocycles. The predicted octanol–water partition coefficient (Wildman–Crippen LogP) is 1.34. The zero-order valence-corrected chi connectivity index (χ0v) is 9.50. The molecule has 6 heteroatoms. The molecule has 0 atom stereocenters. The Morgan fingerprint density at radius 2 is 2.20 bits per heavy atom. The van der Waals surface area contributed by atoms with Crippen LogP contribution < -0.4 is 0 Å². The van der Waals surface area contributed by atoms with Gasteiger partial charge < -0.3 is 4.42 Å². The van der Waals surface area contributed by atoms with E-state index in [2.05, 4.69) is 4.98 Å². The maximum absolute atomic E-state index is 10.8. The van der Waals surface area contributed by atoms with Crippen LogP contribution in [0.5, 0.6) is 0 Å². The van der Waals surface area contributed by atoms with E-state index in [-0.39, 0.29) is 6.61 Å². The first-order valence-electron chi connectivity index (χ1n) is 4.76. The molecule has 0 aliphatic heterocycles. The molecule has 1 aromatic rings. The van der Waals surface area contributed by atoms with E-state index in [4.69, 9.17) is 8.60 Å². The molecule has 0 radical (unpaired) electrons. The highest BCUT2D eigenvalue weighted by atomic mass is 32.2. The number of rotatable bonds is 4. The molecule has 0 spiro atoms. The summed E-state index contributed by atoms with van der Waals surface area (Å²) < 4.78 is 31.8. The highest BCUT2D eigenvalue weighted by Gasteiger charge is 2.31. The van der Waals surface area contributed by atoms with E-state index in [1.807, 2.05) is 0 Å². The molecule has 1 aliphatic carbocycles. The lowest BCUT2D eigenvalue weighted by Gasteiger charge is -1.99. The first-order valence-corrected chi connectivity index (χ1v) is 6.58. The topological polar surface area (TPSA) is 69.4 Å². The molecule has 5 nitrogen and oxygen atoms in total. The van der Waals surface area contributed by atoms with Crippen LogP contribution in [0.25, 0.3) is 0 Å². The van der Waals surface area contributed by atoms with Crippen molar-refractivity contribution >= 4 is 10.1 Å². The molecule has 84 valence electrons. The maximum atomic E-state index is 10.8. The van der Waals surface area contributed by atoms with Crippen LogP contribution in [-0.4, -0.2) is 19.7 Å². The van der Waals surface area contributed by atoms with Crippen molar-refractivity contribution in [2.75, 3.05) is 6.26 Å². The lowest BCUT2D eigenvalue weighted by molar-refractivity contribution is 0.304. The van der Waals surface area contributed by atoms with E-state index in [1.165, 1.54) is 0 Å². The molecule has 1 fully saturated rings. The van der Waals surface area contributed by atoms with Gasteiger partial charge in [0.25, 0.3) is 10.1 Å². The van der Waals surface area contributed by atoms with Crippen molar-refractivity contribution in [1.29, 1.82) is 0 Å². The van der Waals surface area contributed by atoms with Gasteiger partial charge in [0.05, 0.1) is 6.26 Å². The van der Waals surface area contributed by atoms with Gasteiger partial charge in [0, 0.05) is 12.8 Å². The van der Waals surface area contributed by atoms with E-state index >= 15 is 0 Å². The third-order valence-electron chi connectivity index (χ3n) is 2.19. The lowest BCUT2D eigenvalue weighted by Crippen LogP contribution is -2.04. The third-order valence-corrected chi connectivity index (χ3v) is 2.74. The molecule has 0 unspecified atom stereocenters. The predicted molar refractivity (Wildman–Crippen MR) is 52.8 cm³/mol. The molecule has 0 saturated heterocycles. The average molecular weight is 231 g/mol. The second-order valence-corrected chi connectivity index (χ2v) is 5.43. The summed E-state index contributed by atoms with van der Waals surface area (Å²) in [5.41, 5.74) is 0.612. The van der Waals surface area contributed by atoms with Crippen LogP contribution in [0, 0.1) is 6.92 Å². The Labute approximate surface area is 88.6 Å². The minimum atomic E-state index is -3.42. The van der Waals surface area contributed by atoms with Gasteiger partial charge in [-0.25, -0.2) is 4.98 Å². The molecule has 2 rings (SSSR count). The molecule has 1 aliphatic rings. The Kier molecular flexibility index (Phi) is 2.56. The van der Waals surface area contributed by atoms with E-state index in [9.17, 15) is 8.42 Å². The van der Waals surface area contributed by atoms with Crippen molar-refractivity contribution in [3.63, 3.8) is 0 Å². The van der Waals surface area contributed by atoms with Crippen molar-refractivity contribution in [3.8, 4) is 0 Å². The zero-order valence-electron chi connectivity index (χ0n) is 8.69. The summed E-state index contributed by atoms with van der Waals surface area (Å²) in [6.07, 6.45) is 3.19. The number of hydrogen-bond donors (Lipinski definition) is 0. The van der Waals surface area contributed by atoms with Crippen molar-refractivity contribution in [2.24, 2.45) is 0 Å². The fourth-order valence-corrected chi connectivity index (χ4v) is 1.74. The Bertz CT molecular complexity index is 458. The normalized spacial score (nSPS) is 16.9. The van der Waals surface area contributed by atoms with Crippen LogP contribution in [0.4, 0.5) is 0 Å². The fourth-order valence-electron chi connectivity index (χ4n) is 1.42. The van der Waals surface area contributed by atoms with Gasteiger partial charge in [-0.05, 0) is 12.8 Å². The molecule has 0 aromatic carbocycles. The number of aromatic nitrogens is 1. The quantitative estimate of drug-likeness (QED) is 0.731. The smallest absolute Gasteiger partial charge is 0.264 e. The highest BCUT2D eigenvalue weighted by Crippen LogP contribution is 2.42. The van der Waals surface area contributed by atoms with Gasteiger partial charge in [0.1, 0.15) is 18.1 Å². The summed E-state index contributed by atoms with van der Waals surface area (Å²) >= 11 is 0. The second-order valence-electron chi connectivity index (χ2n) is 3.78. The minimum Gasteiger partial charge on any atom is -0.445 e. The fraction of sp³-hybridized carbons (Fsp3) is 0.667. The summed E-state index contributed by atoms with van der Waals surface area (Å²) in [6.45, 7) is 1.72. The molecule has 1 aromatic heterocycles. The summed E-state index contributed by atoms with van der Waals surface area (Å²) in [5, 5.41) is 0. The van der Waals surface area contributed by atoms with Gasteiger partial charge in [-0.15, -0.1) is 0 Å². The lowest BCUT2D eigenvalue weighted by atomic mass is 10.2. The SMILES string of the molecule is Cc1nc(COS(C)(=O)=O)c(C2CC2)o1. The Morgan fingerprint density at radius 1 is 1.53 bits per heavy atom. The van der Waals surface area contributed by atoms with Gasteiger partial charge in [0.2, 0.25) is 0 Å². The van der Waals surface area contributed by atoms with E-state index in [1.54, 1.807) is 6.92 Å². The Morgan fingerprint density at radius 3 is 2.73 bits per heavy atom. The summed E-state index contributed by atoms with van der Waals surface area (Å²) in [4.78, 5) is 4.12. The van der Waals surface area contributed by atoms with Crippen LogP contribution in [0.15, 0.2) is 4.42 Å². The van der Waals surface area contributed by atoms with Crippen LogP contribution in [0.3, 0.4) is 0 Å². The molecular formula is C9H13NO4S. The zero-order chi connectivity index (χ0) is 11.1. The summed E-state index contributed by atoms with van der Waals surface area (Å²) in [7, 11) is -3.42. The number of oxazole rings is 1. The van der Waals surface area contributed by atoms with Gasteiger partial charge in [-0.3, -0.25) is 4.18 Å². The number of aryl methyl sites for hydroxylation is 1.